The summed E-state index contributed by atoms with van der Waals surface area (Å²) in [5.74, 6) is 5.99. The maximum Gasteiger partial charge on any atom is 0.252 e. The molecule has 0 fully saturated rings. The smallest absolute Gasteiger partial charge is 0.252 e. The lowest BCUT2D eigenvalue weighted by atomic mass is 10.1. The van der Waals surface area contributed by atoms with E-state index < -0.39 is 10.8 Å². The second-order valence-corrected chi connectivity index (χ2v) is 6.31. The maximum atomic E-state index is 12.4. The topological polar surface area (TPSA) is 97.1 Å². The molecule has 0 aliphatic rings. The molecule has 1 aromatic heterocycles. The van der Waals surface area contributed by atoms with Crippen LogP contribution in [0.25, 0.3) is 10.9 Å². The van der Waals surface area contributed by atoms with E-state index in [0.29, 0.717) is 22.7 Å². The summed E-state index contributed by atoms with van der Waals surface area (Å²) in [6.07, 6.45) is 1.61. The molecule has 6 nitrogen and oxygen atoms in total. The van der Waals surface area contributed by atoms with Crippen molar-refractivity contribution in [3.63, 3.8) is 0 Å². The molecule has 21 heavy (non-hydrogen) atoms. The van der Waals surface area contributed by atoms with Crippen molar-refractivity contribution >= 4 is 33.4 Å². The molecule has 0 aliphatic heterocycles. The van der Waals surface area contributed by atoms with Gasteiger partial charge < -0.3 is 10.7 Å². The Kier molecular flexibility index (Phi) is 4.87. The fourth-order valence-electron chi connectivity index (χ4n) is 2.13. The number of rotatable bonds is 5. The van der Waals surface area contributed by atoms with Gasteiger partial charge in [-0.05, 0) is 19.1 Å². The quantitative estimate of drug-likeness (QED) is 0.566. The zero-order valence-electron chi connectivity index (χ0n) is 11.9. The number of benzene rings is 1. The molecule has 7 heteroatoms. The number of carbonyl (C=O) groups excluding carboxylic acids is 1. The minimum Gasteiger partial charge on any atom is -0.349 e. The van der Waals surface area contributed by atoms with E-state index in [9.17, 15) is 9.00 Å². The SMILES string of the molecule is CC(CS(C)=O)NC(=O)c1cc(NN)nc2ccccc12. The highest BCUT2D eigenvalue weighted by Crippen LogP contribution is 2.20. The molecule has 4 N–H and O–H groups in total. The molecule has 1 heterocycles. The molecule has 0 spiro atoms. The van der Waals surface area contributed by atoms with E-state index in [-0.39, 0.29) is 11.9 Å². The van der Waals surface area contributed by atoms with Gasteiger partial charge in [0, 0.05) is 34.2 Å². The Balaban J connectivity index is 2.35. The van der Waals surface area contributed by atoms with Crippen molar-refractivity contribution in [1.29, 1.82) is 0 Å². The Morgan fingerprint density at radius 2 is 2.14 bits per heavy atom. The van der Waals surface area contributed by atoms with Crippen LogP contribution in [-0.4, -0.2) is 33.2 Å². The summed E-state index contributed by atoms with van der Waals surface area (Å²) in [6, 6.07) is 8.77. The number of anilines is 1. The summed E-state index contributed by atoms with van der Waals surface area (Å²) in [6.45, 7) is 1.82. The highest BCUT2D eigenvalue weighted by atomic mass is 32.2. The number of fused-ring (bicyclic) bond motifs is 1. The van der Waals surface area contributed by atoms with Crippen molar-refractivity contribution in [2.45, 2.75) is 13.0 Å². The van der Waals surface area contributed by atoms with Gasteiger partial charge in [-0.15, -0.1) is 0 Å². The molecule has 2 atom stereocenters. The first-order valence-corrected chi connectivity index (χ1v) is 8.21. The monoisotopic (exact) mass is 306 g/mol. The van der Waals surface area contributed by atoms with Gasteiger partial charge >= 0.3 is 0 Å². The van der Waals surface area contributed by atoms with E-state index in [1.54, 1.807) is 12.3 Å². The molecule has 112 valence electrons. The number of amides is 1. The summed E-state index contributed by atoms with van der Waals surface area (Å²) in [5.41, 5.74) is 3.63. The van der Waals surface area contributed by atoms with E-state index in [2.05, 4.69) is 15.7 Å². The molecule has 0 saturated carbocycles. The predicted octanol–water partition coefficient (Wildman–Crippen LogP) is 1.02. The summed E-state index contributed by atoms with van der Waals surface area (Å²) in [7, 11) is -0.961. The molecule has 0 saturated heterocycles. The summed E-state index contributed by atoms with van der Waals surface area (Å²) in [4.78, 5) is 16.7. The number of carbonyl (C=O) groups is 1. The van der Waals surface area contributed by atoms with Crippen LogP contribution in [0.1, 0.15) is 17.3 Å². The van der Waals surface area contributed by atoms with Crippen molar-refractivity contribution in [2.24, 2.45) is 5.84 Å². The second kappa shape index (κ2) is 6.64. The number of aromatic nitrogens is 1. The molecular formula is C14H18N4O2S. The number of nitrogens with one attached hydrogen (secondary N) is 2. The number of pyridine rings is 1. The molecule has 0 radical (unpaired) electrons. The van der Waals surface area contributed by atoms with Crippen LogP contribution < -0.4 is 16.6 Å². The average molecular weight is 306 g/mol. The van der Waals surface area contributed by atoms with Gasteiger partial charge in [-0.1, -0.05) is 18.2 Å². The van der Waals surface area contributed by atoms with Gasteiger partial charge in [-0.25, -0.2) is 10.8 Å². The lowest BCUT2D eigenvalue weighted by Gasteiger charge is -2.14. The van der Waals surface area contributed by atoms with Crippen LogP contribution in [-0.2, 0) is 10.8 Å². The fourth-order valence-corrected chi connectivity index (χ4v) is 2.92. The molecule has 2 rings (SSSR count). The van der Waals surface area contributed by atoms with Crippen molar-refractivity contribution in [3.05, 3.63) is 35.9 Å². The minimum absolute atomic E-state index is 0.176. The first-order valence-electron chi connectivity index (χ1n) is 6.48. The lowest BCUT2D eigenvalue weighted by Crippen LogP contribution is -2.36. The van der Waals surface area contributed by atoms with E-state index >= 15 is 0 Å². The Morgan fingerprint density at radius 1 is 1.43 bits per heavy atom. The zero-order valence-corrected chi connectivity index (χ0v) is 12.7. The average Bonchev–Trinajstić information content (AvgIpc) is 2.44. The second-order valence-electron chi connectivity index (χ2n) is 4.83. The Morgan fingerprint density at radius 3 is 2.81 bits per heavy atom. The third-order valence-corrected chi connectivity index (χ3v) is 3.94. The number of hydrogen-bond acceptors (Lipinski definition) is 5. The first kappa shape index (κ1) is 15.4. The third-order valence-electron chi connectivity index (χ3n) is 2.97. The van der Waals surface area contributed by atoms with Crippen LogP contribution in [0.5, 0.6) is 0 Å². The molecule has 0 aliphatic carbocycles. The van der Waals surface area contributed by atoms with Gasteiger partial charge in [0.25, 0.3) is 5.91 Å². The molecule has 2 aromatic rings. The summed E-state index contributed by atoms with van der Waals surface area (Å²) < 4.78 is 11.2. The van der Waals surface area contributed by atoms with Crippen LogP contribution in [0.4, 0.5) is 5.82 Å². The van der Waals surface area contributed by atoms with Crippen LogP contribution in [0.15, 0.2) is 30.3 Å². The van der Waals surface area contributed by atoms with Gasteiger partial charge in [-0.2, -0.15) is 0 Å². The van der Waals surface area contributed by atoms with Gasteiger partial charge in [0.15, 0.2) is 0 Å². The van der Waals surface area contributed by atoms with Crippen LogP contribution in [0, 0.1) is 0 Å². The lowest BCUT2D eigenvalue weighted by molar-refractivity contribution is 0.0945. The summed E-state index contributed by atoms with van der Waals surface area (Å²) >= 11 is 0. The Labute approximate surface area is 125 Å². The van der Waals surface area contributed by atoms with Gasteiger partial charge in [0.05, 0.1) is 11.1 Å². The fraction of sp³-hybridized carbons (Fsp3) is 0.286. The predicted molar refractivity (Wildman–Crippen MR) is 85.4 cm³/mol. The molecule has 0 bridgehead atoms. The minimum atomic E-state index is -0.961. The van der Waals surface area contributed by atoms with E-state index in [0.717, 1.165) is 5.39 Å². The van der Waals surface area contributed by atoms with Crippen LogP contribution >= 0.6 is 0 Å². The molecule has 2 unspecified atom stereocenters. The molecule has 1 amide bonds. The van der Waals surface area contributed by atoms with Crippen molar-refractivity contribution in [3.8, 4) is 0 Å². The standard InChI is InChI=1S/C14H18N4O2S/c1-9(8-21(2)20)16-14(19)11-7-13(18-15)17-12-6-4-3-5-10(11)12/h3-7,9H,8,15H2,1-2H3,(H,16,19)(H,17,18). The number of nitrogen functional groups attached to an aromatic ring is 1. The maximum absolute atomic E-state index is 12.4. The number of para-hydroxylation sites is 1. The van der Waals surface area contributed by atoms with Crippen LogP contribution in [0.2, 0.25) is 0 Å². The number of hydrogen-bond donors (Lipinski definition) is 3. The molecular weight excluding hydrogens is 288 g/mol. The largest absolute Gasteiger partial charge is 0.349 e. The van der Waals surface area contributed by atoms with Crippen molar-refractivity contribution < 1.29 is 9.00 Å². The van der Waals surface area contributed by atoms with Crippen molar-refractivity contribution in [1.82, 2.24) is 10.3 Å². The van der Waals surface area contributed by atoms with E-state index in [1.165, 1.54) is 0 Å². The van der Waals surface area contributed by atoms with Gasteiger partial charge in [0.2, 0.25) is 0 Å². The van der Waals surface area contributed by atoms with E-state index in [1.807, 2.05) is 31.2 Å². The summed E-state index contributed by atoms with van der Waals surface area (Å²) in [5, 5.41) is 3.59. The zero-order chi connectivity index (χ0) is 15.4. The first-order chi connectivity index (χ1) is 10.0. The third kappa shape index (κ3) is 3.77. The Bertz CT molecular complexity index is 690. The van der Waals surface area contributed by atoms with Gasteiger partial charge in [0.1, 0.15) is 5.82 Å². The Hall–Kier alpha value is -1.99. The molecule has 1 aromatic carbocycles. The van der Waals surface area contributed by atoms with Crippen molar-refractivity contribution in [2.75, 3.05) is 17.4 Å². The highest BCUT2D eigenvalue weighted by Gasteiger charge is 2.15. The van der Waals surface area contributed by atoms with Crippen LogP contribution in [0.3, 0.4) is 0 Å². The number of hydrazine groups is 1. The number of nitrogens with zero attached hydrogens (tertiary/aromatic N) is 1. The van der Waals surface area contributed by atoms with E-state index in [4.69, 9.17) is 5.84 Å². The van der Waals surface area contributed by atoms with Gasteiger partial charge in [-0.3, -0.25) is 9.00 Å². The highest BCUT2D eigenvalue weighted by molar-refractivity contribution is 7.84. The number of nitrogens with two attached hydrogens (primary N) is 1. The normalized spacial score (nSPS) is 13.7.